The number of hydrogen-bond acceptors (Lipinski definition) is 4. The van der Waals surface area contributed by atoms with Gasteiger partial charge in [-0.25, -0.2) is 0 Å². The third kappa shape index (κ3) is 4.55. The summed E-state index contributed by atoms with van der Waals surface area (Å²) in [6.45, 7) is 28.8. The minimum Gasteiger partial charge on any atom is -0.469 e. The van der Waals surface area contributed by atoms with E-state index in [0.29, 0.717) is 48.2 Å². The first-order valence-corrected chi connectivity index (χ1v) is 18.1. The fourth-order valence-corrected chi connectivity index (χ4v) is 13.1. The van der Waals surface area contributed by atoms with Gasteiger partial charge in [-0.15, -0.1) is 0 Å². The first-order chi connectivity index (χ1) is 20.4. The summed E-state index contributed by atoms with van der Waals surface area (Å²) in [5.41, 5.74) is 0.227. The molecule has 10 atom stereocenters. The lowest BCUT2D eigenvalue weighted by Gasteiger charge is -2.73. The molecule has 0 bridgehead atoms. The first kappa shape index (κ1) is 34.0. The Morgan fingerprint density at radius 3 is 2.14 bits per heavy atom. The number of rotatable bonds is 5. The summed E-state index contributed by atoms with van der Waals surface area (Å²) < 4.78 is 5.55. The Bertz CT molecular complexity index is 1200. The van der Waals surface area contributed by atoms with Crippen LogP contribution in [0.2, 0.25) is 0 Å². The normalized spacial score (nSPS) is 45.9. The van der Waals surface area contributed by atoms with Crippen LogP contribution in [0.15, 0.2) is 12.2 Å². The molecular formula is C40H65NO3. The van der Waals surface area contributed by atoms with Crippen LogP contribution >= 0.6 is 0 Å². The molecule has 0 radical (unpaired) electrons. The number of carbonyl (C=O) groups is 1. The van der Waals surface area contributed by atoms with E-state index in [1.165, 1.54) is 24.8 Å². The van der Waals surface area contributed by atoms with Crippen LogP contribution in [-0.2, 0) is 9.53 Å². The van der Waals surface area contributed by atoms with Gasteiger partial charge in [0.05, 0.1) is 19.1 Å². The molecule has 0 amide bonds. The summed E-state index contributed by atoms with van der Waals surface area (Å²) in [5, 5.41) is 12.3. The van der Waals surface area contributed by atoms with Crippen LogP contribution in [0.3, 0.4) is 0 Å². The predicted molar refractivity (Wildman–Crippen MR) is 181 cm³/mol. The van der Waals surface area contributed by atoms with Crippen molar-refractivity contribution in [1.29, 1.82) is 0 Å². The number of allylic oxidation sites excluding steroid dienone is 1. The highest BCUT2D eigenvalue weighted by Gasteiger charge is 2.73. The molecule has 0 aliphatic heterocycles. The van der Waals surface area contributed by atoms with Crippen molar-refractivity contribution in [3.8, 4) is 11.8 Å². The van der Waals surface area contributed by atoms with Gasteiger partial charge in [-0.1, -0.05) is 58.6 Å². The molecule has 0 heterocycles. The molecule has 5 fully saturated rings. The second-order valence-corrected chi connectivity index (χ2v) is 18.1. The molecule has 5 aliphatic carbocycles. The molecule has 1 N–H and O–H groups in total. The van der Waals surface area contributed by atoms with Crippen molar-refractivity contribution >= 4 is 5.97 Å². The average Bonchev–Trinajstić information content (AvgIpc) is 3.34. The molecule has 248 valence electrons. The van der Waals surface area contributed by atoms with Gasteiger partial charge < -0.3 is 9.84 Å². The van der Waals surface area contributed by atoms with Crippen LogP contribution in [-0.4, -0.2) is 47.3 Å². The quantitative estimate of drug-likeness (QED) is 0.193. The van der Waals surface area contributed by atoms with Gasteiger partial charge >= 0.3 is 5.97 Å². The summed E-state index contributed by atoms with van der Waals surface area (Å²) in [5.74, 6) is 9.30. The molecule has 0 spiro atoms. The van der Waals surface area contributed by atoms with E-state index >= 15 is 0 Å². The number of ether oxygens (including phenoxy) is 1. The minimum atomic E-state index is -0.963. The highest BCUT2D eigenvalue weighted by atomic mass is 16.5. The number of hydrogen-bond donors (Lipinski definition) is 1. The van der Waals surface area contributed by atoms with Crippen LogP contribution in [0.1, 0.15) is 133 Å². The van der Waals surface area contributed by atoms with Gasteiger partial charge in [0.25, 0.3) is 0 Å². The Kier molecular flexibility index (Phi) is 8.62. The Hall–Kier alpha value is -1.31. The summed E-state index contributed by atoms with van der Waals surface area (Å²) in [4.78, 5) is 15.9. The van der Waals surface area contributed by atoms with Crippen molar-refractivity contribution in [3.63, 3.8) is 0 Å². The Labute approximate surface area is 270 Å². The molecule has 0 aromatic rings. The maximum atomic E-state index is 13.5. The average molecular weight is 608 g/mol. The predicted octanol–water partition coefficient (Wildman–Crippen LogP) is 8.67. The Balaban J connectivity index is 1.46. The number of esters is 1. The molecule has 5 aliphatic rings. The molecule has 4 nitrogen and oxygen atoms in total. The lowest BCUT2D eigenvalue weighted by atomic mass is 9.31. The summed E-state index contributed by atoms with van der Waals surface area (Å²) in [7, 11) is 1.59. The molecule has 0 aromatic carbocycles. The number of methoxy groups -OCH3 is 1. The lowest BCUT2D eigenvalue weighted by Crippen LogP contribution is -2.68. The second-order valence-electron chi connectivity index (χ2n) is 18.1. The van der Waals surface area contributed by atoms with Gasteiger partial charge in [-0.05, 0) is 145 Å². The van der Waals surface area contributed by atoms with Crippen LogP contribution in [0, 0.1) is 68.5 Å². The Morgan fingerprint density at radius 1 is 0.886 bits per heavy atom. The summed E-state index contributed by atoms with van der Waals surface area (Å²) in [6, 6.07) is 0.864. The van der Waals surface area contributed by atoms with E-state index in [1.807, 2.05) is 0 Å². The fourth-order valence-electron chi connectivity index (χ4n) is 13.1. The summed E-state index contributed by atoms with van der Waals surface area (Å²) in [6.07, 6.45) is 10.6. The van der Waals surface area contributed by atoms with Crippen LogP contribution in [0.25, 0.3) is 0 Å². The van der Waals surface area contributed by atoms with Crippen molar-refractivity contribution in [2.45, 2.75) is 151 Å². The zero-order chi connectivity index (χ0) is 32.7. The number of aliphatic hydroxyl groups is 1. The lowest BCUT2D eigenvalue weighted by molar-refractivity contribution is -0.256. The molecule has 0 aromatic heterocycles. The SMILES string of the molecule is C=C(C)[C@@H]1CC[C@]2(C(=O)OC)CC[C@]3(C)[C@H](CC[C@@H]4[C@@]5(C)CC[C@@](O)(C#CCN(C(C)C)C(C)C)C(C)(C)[C@@H]5CC[C@]43C)[C@@H]12. The van der Waals surface area contributed by atoms with Crippen molar-refractivity contribution in [2.24, 2.45) is 56.7 Å². The maximum Gasteiger partial charge on any atom is 0.312 e. The van der Waals surface area contributed by atoms with Crippen LogP contribution < -0.4 is 0 Å². The molecule has 4 heteroatoms. The van der Waals surface area contributed by atoms with E-state index in [4.69, 9.17) is 4.74 Å². The first-order valence-electron chi connectivity index (χ1n) is 18.1. The second kappa shape index (κ2) is 11.1. The number of carbonyl (C=O) groups excluding carboxylic acids is 1. The molecule has 5 saturated carbocycles. The van der Waals surface area contributed by atoms with E-state index in [2.05, 4.69) is 92.6 Å². The van der Waals surface area contributed by atoms with Crippen molar-refractivity contribution in [2.75, 3.05) is 13.7 Å². The van der Waals surface area contributed by atoms with Gasteiger partial charge in [0.15, 0.2) is 0 Å². The smallest absolute Gasteiger partial charge is 0.312 e. The third-order valence-corrected chi connectivity index (χ3v) is 15.8. The molecule has 44 heavy (non-hydrogen) atoms. The number of fused-ring (bicyclic) bond motifs is 7. The fraction of sp³-hybridized carbons (Fsp3) is 0.875. The molecule has 0 saturated heterocycles. The van der Waals surface area contributed by atoms with Gasteiger partial charge in [0, 0.05) is 17.5 Å². The number of nitrogens with zero attached hydrogens (tertiary/aromatic N) is 1. The largest absolute Gasteiger partial charge is 0.469 e. The molecular weight excluding hydrogens is 542 g/mol. The van der Waals surface area contributed by atoms with E-state index in [0.717, 1.165) is 44.9 Å². The van der Waals surface area contributed by atoms with Gasteiger partial charge in [-0.2, -0.15) is 0 Å². The standard InChI is InChI=1S/C40H65NO3/c1-26(2)29-16-20-39(34(42)44-12)23-22-37(10)30(33(29)39)14-15-32-36(9)21-24-40(43,18-13-25-41(27(3)4)28(5)6)35(7,8)31(36)17-19-38(32,37)11/h27-33,43H,1,14-17,19-25H2,2-12H3/t29-,30+,31-,32+,33+,36-,37+,38+,39-,40-/m0/s1. The third-order valence-electron chi connectivity index (χ3n) is 15.8. The zero-order valence-corrected chi connectivity index (χ0v) is 30.2. The topological polar surface area (TPSA) is 49.8 Å². The highest BCUT2D eigenvalue weighted by molar-refractivity contribution is 5.78. The van der Waals surface area contributed by atoms with Gasteiger partial charge in [-0.3, -0.25) is 9.69 Å². The van der Waals surface area contributed by atoms with E-state index < -0.39 is 5.60 Å². The van der Waals surface area contributed by atoms with Crippen LogP contribution in [0.5, 0.6) is 0 Å². The van der Waals surface area contributed by atoms with Gasteiger partial charge in [0.1, 0.15) is 5.60 Å². The minimum absolute atomic E-state index is 0.0376. The van der Waals surface area contributed by atoms with Crippen molar-refractivity contribution in [1.82, 2.24) is 4.90 Å². The van der Waals surface area contributed by atoms with E-state index in [9.17, 15) is 9.90 Å². The monoisotopic (exact) mass is 607 g/mol. The van der Waals surface area contributed by atoms with E-state index in [-0.39, 0.29) is 33.0 Å². The maximum absolute atomic E-state index is 13.5. The summed E-state index contributed by atoms with van der Waals surface area (Å²) >= 11 is 0. The van der Waals surface area contributed by atoms with E-state index in [1.54, 1.807) is 7.11 Å². The molecule has 5 rings (SSSR count). The van der Waals surface area contributed by atoms with Crippen molar-refractivity contribution in [3.05, 3.63) is 12.2 Å². The highest BCUT2D eigenvalue weighted by Crippen LogP contribution is 2.78. The van der Waals surface area contributed by atoms with Crippen LogP contribution in [0.4, 0.5) is 0 Å². The van der Waals surface area contributed by atoms with Crippen molar-refractivity contribution < 1.29 is 14.6 Å². The Morgan fingerprint density at radius 2 is 1.55 bits per heavy atom. The van der Waals surface area contributed by atoms with Gasteiger partial charge in [0.2, 0.25) is 0 Å². The molecule has 0 unspecified atom stereocenters. The zero-order valence-electron chi connectivity index (χ0n) is 30.2.